The number of carbonyl (C=O) groups is 2. The minimum absolute atomic E-state index is 0.0344. The third kappa shape index (κ3) is 4.00. The molecule has 0 aliphatic carbocycles. The summed E-state index contributed by atoms with van der Waals surface area (Å²) >= 11 is 5.74. The van der Waals surface area contributed by atoms with Gasteiger partial charge >= 0.3 is 5.97 Å². The molecule has 0 N–H and O–H groups in total. The van der Waals surface area contributed by atoms with Crippen molar-refractivity contribution in [3.8, 4) is 0 Å². The lowest BCUT2D eigenvalue weighted by Crippen LogP contribution is -2.48. The average molecular weight is 250 g/mol. The number of ether oxygens (including phenoxy) is 1. The van der Waals surface area contributed by atoms with Crippen LogP contribution in [-0.2, 0) is 14.3 Å². The molecular formula is C11H20ClNO3. The predicted molar refractivity (Wildman–Crippen MR) is 63.4 cm³/mol. The van der Waals surface area contributed by atoms with Crippen LogP contribution in [-0.4, -0.2) is 42.4 Å². The molecule has 0 fully saturated rings. The number of nitrogens with zero attached hydrogens (tertiary/aromatic N) is 1. The molecule has 0 radical (unpaired) electrons. The monoisotopic (exact) mass is 249 g/mol. The van der Waals surface area contributed by atoms with Crippen LogP contribution in [0, 0.1) is 5.41 Å². The predicted octanol–water partition coefficient (Wildman–Crippen LogP) is 1.66. The lowest BCUT2D eigenvalue weighted by Gasteiger charge is -2.32. The number of hydrogen-bond donors (Lipinski definition) is 0. The van der Waals surface area contributed by atoms with Gasteiger partial charge in [0.25, 0.3) is 0 Å². The van der Waals surface area contributed by atoms with Gasteiger partial charge in [0.05, 0.1) is 12.5 Å². The molecule has 0 unspecified atom stereocenters. The fourth-order valence-corrected chi connectivity index (χ4v) is 1.25. The molecule has 0 rings (SSSR count). The van der Waals surface area contributed by atoms with E-state index in [-0.39, 0.29) is 24.4 Å². The van der Waals surface area contributed by atoms with Gasteiger partial charge in [-0.05, 0) is 27.7 Å². The van der Waals surface area contributed by atoms with Gasteiger partial charge in [0, 0.05) is 11.9 Å². The molecule has 0 bridgehead atoms. The molecule has 0 spiro atoms. The third-order valence-electron chi connectivity index (χ3n) is 2.32. The van der Waals surface area contributed by atoms with E-state index in [9.17, 15) is 9.59 Å². The number of hydrogen-bond acceptors (Lipinski definition) is 3. The Morgan fingerprint density at radius 1 is 1.38 bits per heavy atom. The van der Waals surface area contributed by atoms with E-state index >= 15 is 0 Å². The largest absolute Gasteiger partial charge is 0.468 e. The molecule has 5 heteroatoms. The van der Waals surface area contributed by atoms with Gasteiger partial charge in [-0.25, -0.2) is 0 Å². The van der Waals surface area contributed by atoms with Crippen molar-refractivity contribution in [2.24, 2.45) is 5.41 Å². The van der Waals surface area contributed by atoms with Crippen molar-refractivity contribution >= 4 is 23.5 Å². The Labute approximate surface area is 102 Å². The number of amides is 1. The van der Waals surface area contributed by atoms with Gasteiger partial charge in [-0.2, -0.15) is 0 Å². The van der Waals surface area contributed by atoms with E-state index in [4.69, 9.17) is 11.6 Å². The second-order valence-electron chi connectivity index (χ2n) is 4.62. The molecule has 0 aromatic carbocycles. The minimum Gasteiger partial charge on any atom is -0.468 e. The van der Waals surface area contributed by atoms with Crippen molar-refractivity contribution in [2.75, 3.05) is 19.5 Å². The van der Waals surface area contributed by atoms with E-state index in [1.165, 1.54) is 12.0 Å². The van der Waals surface area contributed by atoms with Gasteiger partial charge in [0.15, 0.2) is 0 Å². The van der Waals surface area contributed by atoms with E-state index in [1.54, 1.807) is 13.8 Å². The number of methoxy groups -OCH3 is 1. The molecule has 16 heavy (non-hydrogen) atoms. The number of carbonyl (C=O) groups excluding carboxylic acids is 2. The van der Waals surface area contributed by atoms with Crippen LogP contribution < -0.4 is 0 Å². The summed E-state index contributed by atoms with van der Waals surface area (Å²) in [4.78, 5) is 24.8. The molecule has 0 saturated carbocycles. The fraction of sp³-hybridized carbons (Fsp3) is 0.818. The highest BCUT2D eigenvalue weighted by molar-refractivity contribution is 6.19. The average Bonchev–Trinajstić information content (AvgIpc) is 2.23. The maximum Gasteiger partial charge on any atom is 0.325 e. The summed E-state index contributed by atoms with van der Waals surface area (Å²) in [5.41, 5.74) is -0.667. The summed E-state index contributed by atoms with van der Waals surface area (Å²) in [5, 5.41) is 0. The van der Waals surface area contributed by atoms with Gasteiger partial charge < -0.3 is 9.64 Å². The van der Waals surface area contributed by atoms with Crippen molar-refractivity contribution < 1.29 is 14.3 Å². The van der Waals surface area contributed by atoms with Gasteiger partial charge in [-0.1, -0.05) is 0 Å². The number of halogens is 1. The smallest absolute Gasteiger partial charge is 0.325 e. The van der Waals surface area contributed by atoms with Crippen molar-refractivity contribution in [3.05, 3.63) is 0 Å². The highest BCUT2D eigenvalue weighted by Crippen LogP contribution is 2.21. The topological polar surface area (TPSA) is 46.6 Å². The summed E-state index contributed by atoms with van der Waals surface area (Å²) < 4.78 is 4.56. The Hall–Kier alpha value is -0.770. The number of alkyl halides is 1. The normalized spacial score (nSPS) is 11.4. The Bertz CT molecular complexity index is 264. The Morgan fingerprint density at radius 3 is 2.19 bits per heavy atom. The maximum absolute atomic E-state index is 12.1. The zero-order valence-electron chi connectivity index (χ0n) is 10.5. The second kappa shape index (κ2) is 6.09. The lowest BCUT2D eigenvalue weighted by atomic mass is 9.93. The van der Waals surface area contributed by atoms with Crippen LogP contribution in [0.2, 0.25) is 0 Å². The molecule has 0 heterocycles. The highest BCUT2D eigenvalue weighted by Gasteiger charge is 2.33. The first-order chi connectivity index (χ1) is 7.26. The van der Waals surface area contributed by atoms with E-state index in [1.807, 2.05) is 13.8 Å². The van der Waals surface area contributed by atoms with E-state index in [0.717, 1.165) is 0 Å². The van der Waals surface area contributed by atoms with Crippen molar-refractivity contribution in [1.29, 1.82) is 0 Å². The Morgan fingerprint density at radius 2 is 1.88 bits per heavy atom. The number of rotatable bonds is 5. The van der Waals surface area contributed by atoms with Gasteiger partial charge in [0.2, 0.25) is 5.91 Å². The van der Waals surface area contributed by atoms with E-state index < -0.39 is 11.4 Å². The fourth-order valence-electron chi connectivity index (χ4n) is 1.14. The zero-order chi connectivity index (χ0) is 12.9. The molecule has 0 aromatic rings. The quantitative estimate of drug-likeness (QED) is 0.550. The Kier molecular flexibility index (Phi) is 5.79. The van der Waals surface area contributed by atoms with Crippen LogP contribution in [0.1, 0.15) is 27.7 Å². The first kappa shape index (κ1) is 15.2. The van der Waals surface area contributed by atoms with Crippen molar-refractivity contribution in [3.63, 3.8) is 0 Å². The summed E-state index contributed by atoms with van der Waals surface area (Å²) in [6.45, 7) is 7.19. The molecule has 0 saturated heterocycles. The SMILES string of the molecule is COC(=O)CN(C(=O)C(C)(C)CCl)C(C)C. The van der Waals surface area contributed by atoms with Gasteiger partial charge in [-0.15, -0.1) is 11.6 Å². The van der Waals surface area contributed by atoms with Crippen molar-refractivity contribution in [1.82, 2.24) is 4.90 Å². The molecule has 0 aliphatic heterocycles. The molecule has 0 aromatic heterocycles. The number of esters is 1. The van der Waals surface area contributed by atoms with Crippen LogP contribution in [0.25, 0.3) is 0 Å². The lowest BCUT2D eigenvalue weighted by molar-refractivity contribution is -0.151. The molecular weight excluding hydrogens is 230 g/mol. The van der Waals surface area contributed by atoms with Crippen LogP contribution in [0.15, 0.2) is 0 Å². The molecule has 94 valence electrons. The zero-order valence-corrected chi connectivity index (χ0v) is 11.3. The summed E-state index contributed by atoms with van der Waals surface area (Å²) in [6.07, 6.45) is 0. The first-order valence-corrected chi connectivity index (χ1v) is 5.73. The van der Waals surface area contributed by atoms with Crippen LogP contribution in [0.3, 0.4) is 0 Å². The molecule has 0 aliphatic rings. The molecule has 1 amide bonds. The molecule has 0 atom stereocenters. The van der Waals surface area contributed by atoms with Crippen LogP contribution in [0.4, 0.5) is 0 Å². The minimum atomic E-state index is -0.667. The van der Waals surface area contributed by atoms with E-state index in [0.29, 0.717) is 0 Å². The highest BCUT2D eigenvalue weighted by atomic mass is 35.5. The van der Waals surface area contributed by atoms with Gasteiger partial charge in [-0.3, -0.25) is 9.59 Å². The van der Waals surface area contributed by atoms with Crippen LogP contribution >= 0.6 is 11.6 Å². The Balaban J connectivity index is 4.80. The summed E-state index contributed by atoms with van der Waals surface area (Å²) in [5.74, 6) is -0.341. The first-order valence-electron chi connectivity index (χ1n) is 5.20. The maximum atomic E-state index is 12.1. The molecule has 4 nitrogen and oxygen atoms in total. The standard InChI is InChI=1S/C11H20ClNO3/c1-8(2)13(6-9(14)16-5)10(15)11(3,4)7-12/h8H,6-7H2,1-5H3. The van der Waals surface area contributed by atoms with Gasteiger partial charge in [0.1, 0.15) is 6.54 Å². The van der Waals surface area contributed by atoms with E-state index in [2.05, 4.69) is 4.74 Å². The third-order valence-corrected chi connectivity index (χ3v) is 2.99. The van der Waals surface area contributed by atoms with Crippen LogP contribution in [0.5, 0.6) is 0 Å². The summed E-state index contributed by atoms with van der Waals surface area (Å²) in [6, 6.07) is -0.0610. The summed E-state index contributed by atoms with van der Waals surface area (Å²) in [7, 11) is 1.30. The van der Waals surface area contributed by atoms with Crippen molar-refractivity contribution in [2.45, 2.75) is 33.7 Å². The second-order valence-corrected chi connectivity index (χ2v) is 4.89.